The van der Waals surface area contributed by atoms with E-state index in [2.05, 4.69) is 30.6 Å². The molecule has 0 unspecified atom stereocenters. The molecular weight excluding hydrogens is 584 g/mol. The lowest BCUT2D eigenvalue weighted by molar-refractivity contribution is -0.136. The van der Waals surface area contributed by atoms with Gasteiger partial charge in [0.1, 0.15) is 12.1 Å². The number of likely N-dealkylation sites (tertiary alicyclic amines) is 2. The predicted octanol–water partition coefficient (Wildman–Crippen LogP) is 3.65. The number of H-pyrrole nitrogens is 2. The molecule has 46 heavy (non-hydrogen) atoms. The highest BCUT2D eigenvalue weighted by molar-refractivity contribution is 5.98. The minimum atomic E-state index is -0.491. The van der Waals surface area contributed by atoms with E-state index in [9.17, 15) is 19.2 Å². The number of carbonyl (C=O) groups is 4. The normalized spacial score (nSPS) is 17.8. The second-order valence-electron chi connectivity index (χ2n) is 11.6. The fourth-order valence-electron chi connectivity index (χ4n) is 5.97. The number of carbonyl (C=O) groups excluding carboxylic acids is 4. The van der Waals surface area contributed by atoms with Crippen molar-refractivity contribution in [2.24, 2.45) is 0 Å². The Hall–Kier alpha value is -5.52. The van der Waals surface area contributed by atoms with Crippen LogP contribution in [0.25, 0.3) is 12.2 Å². The van der Waals surface area contributed by atoms with Gasteiger partial charge in [-0.3, -0.25) is 19.2 Å². The zero-order valence-corrected chi connectivity index (χ0v) is 25.3. The van der Waals surface area contributed by atoms with E-state index in [1.807, 2.05) is 60.7 Å². The molecule has 6 rings (SSSR count). The lowest BCUT2D eigenvalue weighted by atomic mass is 10.1. The number of hydrogen-bond acceptors (Lipinski definition) is 6. The molecule has 4 aromatic rings. The monoisotopic (exact) mass is 620 g/mol. The van der Waals surface area contributed by atoms with Crippen LogP contribution in [0.15, 0.2) is 73.6 Å². The molecule has 2 aliphatic rings. The third-order valence-corrected chi connectivity index (χ3v) is 8.37. The molecule has 2 fully saturated rings. The summed E-state index contributed by atoms with van der Waals surface area (Å²) >= 11 is 0. The molecule has 0 spiro atoms. The van der Waals surface area contributed by atoms with Crippen molar-refractivity contribution in [1.82, 2.24) is 29.7 Å². The first-order valence-electron chi connectivity index (χ1n) is 15.5. The van der Waals surface area contributed by atoms with Gasteiger partial charge >= 0.3 is 0 Å². The molecule has 0 aliphatic carbocycles. The van der Waals surface area contributed by atoms with Gasteiger partial charge in [-0.05, 0) is 61.1 Å². The van der Waals surface area contributed by atoms with Crippen LogP contribution in [0.5, 0.6) is 0 Å². The number of rotatable bonds is 10. The third-order valence-electron chi connectivity index (χ3n) is 8.37. The van der Waals surface area contributed by atoms with Crippen LogP contribution in [-0.2, 0) is 32.0 Å². The van der Waals surface area contributed by atoms with Crippen LogP contribution in [0.4, 0.5) is 11.4 Å². The number of hydrogen-bond donors (Lipinski definition) is 4. The highest BCUT2D eigenvalue weighted by Crippen LogP contribution is 2.23. The molecular formula is C34H36N8O4. The Kier molecular flexibility index (Phi) is 9.32. The van der Waals surface area contributed by atoms with Crippen molar-refractivity contribution in [3.8, 4) is 0 Å². The average Bonchev–Trinajstić information content (AvgIpc) is 3.89. The van der Waals surface area contributed by atoms with Gasteiger partial charge in [-0.1, -0.05) is 36.4 Å². The first-order chi connectivity index (χ1) is 22.4. The van der Waals surface area contributed by atoms with E-state index in [1.54, 1.807) is 22.2 Å². The summed E-state index contributed by atoms with van der Waals surface area (Å²) in [6.07, 6.45) is 13.5. The number of aromatic amines is 2. The van der Waals surface area contributed by atoms with Crippen LogP contribution >= 0.6 is 0 Å². The molecule has 12 nitrogen and oxygen atoms in total. The zero-order chi connectivity index (χ0) is 31.9. The topological polar surface area (TPSA) is 156 Å². The predicted molar refractivity (Wildman–Crippen MR) is 173 cm³/mol. The Balaban J connectivity index is 0.987. The van der Waals surface area contributed by atoms with Gasteiger partial charge in [-0.15, -0.1) is 0 Å². The fourth-order valence-corrected chi connectivity index (χ4v) is 5.97. The van der Waals surface area contributed by atoms with Gasteiger partial charge in [0.05, 0.1) is 25.5 Å². The fraction of sp³-hybridized carbons (Fsp3) is 0.294. The van der Waals surface area contributed by atoms with Crippen LogP contribution in [0.2, 0.25) is 0 Å². The molecule has 0 bridgehead atoms. The molecule has 4 amide bonds. The summed E-state index contributed by atoms with van der Waals surface area (Å²) in [4.78, 5) is 68.6. The summed E-state index contributed by atoms with van der Waals surface area (Å²) < 4.78 is 0. The molecule has 2 saturated heterocycles. The SMILES string of the molecule is O=C(Nc1ccc(/C=C/c2ccc(NC(=O)[C@@H]3CCCN3C(=O)Cc3cnc[nH]3)cc2)cc1)[C@@H]1CCCN1C(=O)Cc1cnc[nH]1. The summed E-state index contributed by atoms with van der Waals surface area (Å²) in [5.74, 6) is -0.557. The van der Waals surface area contributed by atoms with E-state index in [0.717, 1.165) is 35.4 Å². The van der Waals surface area contributed by atoms with Gasteiger partial charge in [0.2, 0.25) is 23.6 Å². The van der Waals surface area contributed by atoms with Crippen LogP contribution in [-0.4, -0.2) is 78.5 Å². The number of nitrogens with zero attached hydrogens (tertiary/aromatic N) is 4. The molecule has 4 N–H and O–H groups in total. The number of nitrogens with one attached hydrogen (secondary N) is 4. The van der Waals surface area contributed by atoms with Crippen molar-refractivity contribution < 1.29 is 19.2 Å². The van der Waals surface area contributed by atoms with Crippen LogP contribution < -0.4 is 10.6 Å². The number of anilines is 2. The van der Waals surface area contributed by atoms with Gasteiger partial charge in [0.25, 0.3) is 0 Å². The number of imidazole rings is 2. The average molecular weight is 621 g/mol. The summed E-state index contributed by atoms with van der Waals surface area (Å²) in [7, 11) is 0. The molecule has 4 heterocycles. The van der Waals surface area contributed by atoms with E-state index < -0.39 is 12.1 Å². The van der Waals surface area contributed by atoms with Crippen molar-refractivity contribution in [2.75, 3.05) is 23.7 Å². The molecule has 2 atom stereocenters. The Morgan fingerprint density at radius 3 is 1.46 bits per heavy atom. The highest BCUT2D eigenvalue weighted by Gasteiger charge is 2.35. The van der Waals surface area contributed by atoms with Gasteiger partial charge < -0.3 is 30.4 Å². The minimum Gasteiger partial charge on any atom is -0.348 e. The lowest BCUT2D eigenvalue weighted by Crippen LogP contribution is -2.43. The molecule has 2 aliphatic heterocycles. The number of amides is 4. The number of aromatic nitrogens is 4. The minimum absolute atomic E-state index is 0.0908. The lowest BCUT2D eigenvalue weighted by Gasteiger charge is -2.24. The Morgan fingerprint density at radius 2 is 1.09 bits per heavy atom. The second-order valence-corrected chi connectivity index (χ2v) is 11.6. The smallest absolute Gasteiger partial charge is 0.247 e. The maximum absolute atomic E-state index is 13.0. The maximum atomic E-state index is 13.0. The van der Waals surface area contributed by atoms with Crippen molar-refractivity contribution in [3.05, 3.63) is 96.1 Å². The molecule has 12 heteroatoms. The third kappa shape index (κ3) is 7.40. The van der Waals surface area contributed by atoms with Crippen molar-refractivity contribution >= 4 is 47.2 Å². The molecule has 236 valence electrons. The van der Waals surface area contributed by atoms with E-state index in [0.29, 0.717) is 37.3 Å². The molecule has 2 aromatic carbocycles. The quantitative estimate of drug-likeness (QED) is 0.198. The summed E-state index contributed by atoms with van der Waals surface area (Å²) in [6, 6.07) is 14.0. The maximum Gasteiger partial charge on any atom is 0.247 e. The van der Waals surface area contributed by atoms with Gasteiger partial charge in [-0.25, -0.2) is 9.97 Å². The van der Waals surface area contributed by atoms with Crippen LogP contribution in [0.3, 0.4) is 0 Å². The van der Waals surface area contributed by atoms with Gasteiger partial charge in [0, 0.05) is 48.2 Å². The molecule has 2 aromatic heterocycles. The van der Waals surface area contributed by atoms with Gasteiger partial charge in [-0.2, -0.15) is 0 Å². The molecule has 0 radical (unpaired) electrons. The van der Waals surface area contributed by atoms with Crippen molar-refractivity contribution in [2.45, 2.75) is 50.6 Å². The zero-order valence-electron chi connectivity index (χ0n) is 25.3. The largest absolute Gasteiger partial charge is 0.348 e. The van der Waals surface area contributed by atoms with E-state index in [1.165, 1.54) is 12.7 Å². The van der Waals surface area contributed by atoms with Gasteiger partial charge in [0.15, 0.2) is 0 Å². The summed E-state index contributed by atoms with van der Waals surface area (Å²) in [5.41, 5.74) is 4.69. The van der Waals surface area contributed by atoms with Crippen LogP contribution in [0, 0.1) is 0 Å². The summed E-state index contributed by atoms with van der Waals surface area (Å²) in [6.45, 7) is 1.13. The number of benzene rings is 2. The Morgan fingerprint density at radius 1 is 0.674 bits per heavy atom. The highest BCUT2D eigenvalue weighted by atomic mass is 16.2. The van der Waals surface area contributed by atoms with Crippen molar-refractivity contribution in [3.63, 3.8) is 0 Å². The second kappa shape index (κ2) is 14.1. The standard InChI is InChI=1S/C34H36N8O4/c43-31(17-27-19-35-21-37-27)41-15-1-3-29(41)33(45)39-25-11-7-23(8-12-25)5-6-24-9-13-26(14-10-24)40-34(46)30-4-2-16-42(30)32(44)18-28-20-36-22-38-28/h5-14,19-22,29-30H,1-4,15-18H2,(H,35,37)(H,36,38)(H,39,45)(H,40,46)/b6-5+/t29-,30-/m0/s1. The van der Waals surface area contributed by atoms with E-state index in [-0.39, 0.29) is 36.5 Å². The molecule has 0 saturated carbocycles. The van der Waals surface area contributed by atoms with Crippen molar-refractivity contribution in [1.29, 1.82) is 0 Å². The first-order valence-corrected chi connectivity index (χ1v) is 15.5. The Labute approximate surface area is 266 Å². The van der Waals surface area contributed by atoms with E-state index >= 15 is 0 Å². The first kappa shape index (κ1) is 30.5. The van der Waals surface area contributed by atoms with E-state index in [4.69, 9.17) is 0 Å². The Bertz CT molecular complexity index is 1560. The summed E-state index contributed by atoms with van der Waals surface area (Å²) in [5, 5.41) is 5.90. The van der Waals surface area contributed by atoms with Crippen LogP contribution in [0.1, 0.15) is 48.2 Å².